The van der Waals surface area contributed by atoms with E-state index in [9.17, 15) is 9.18 Å². The van der Waals surface area contributed by atoms with E-state index in [1.807, 2.05) is 48.5 Å². The molecular formula is C22H15FN2O. The van der Waals surface area contributed by atoms with Gasteiger partial charge in [-0.1, -0.05) is 60.7 Å². The number of aromatic nitrogens is 2. The minimum atomic E-state index is -0.328. The van der Waals surface area contributed by atoms with Crippen LogP contribution in [-0.2, 0) is 0 Å². The predicted octanol–water partition coefficient (Wildman–Crippen LogP) is 4.91. The number of benzene rings is 3. The molecule has 0 atom stereocenters. The van der Waals surface area contributed by atoms with Crippen molar-refractivity contribution in [1.82, 2.24) is 9.55 Å². The zero-order chi connectivity index (χ0) is 17.9. The van der Waals surface area contributed by atoms with Crippen LogP contribution in [0.2, 0.25) is 0 Å². The molecule has 3 aromatic carbocycles. The van der Waals surface area contributed by atoms with E-state index in [-0.39, 0.29) is 11.6 Å². The number of carbonyl (C=O) groups is 1. The van der Waals surface area contributed by atoms with Gasteiger partial charge < -0.3 is 0 Å². The SMILES string of the molecule is O=C(c1ccccc1)c1ncc(-c2ccccc2)n1-c1ccc(F)cc1. The van der Waals surface area contributed by atoms with Crippen molar-refractivity contribution in [3.8, 4) is 16.9 Å². The molecule has 3 nitrogen and oxygen atoms in total. The number of carbonyl (C=O) groups excluding carboxylic acids is 1. The van der Waals surface area contributed by atoms with Gasteiger partial charge in [0.15, 0.2) is 5.82 Å². The first-order valence-corrected chi connectivity index (χ1v) is 8.23. The van der Waals surface area contributed by atoms with Gasteiger partial charge in [-0.3, -0.25) is 9.36 Å². The van der Waals surface area contributed by atoms with E-state index in [0.29, 0.717) is 17.1 Å². The van der Waals surface area contributed by atoms with Gasteiger partial charge in [-0.2, -0.15) is 0 Å². The van der Waals surface area contributed by atoms with Crippen molar-refractivity contribution in [2.75, 3.05) is 0 Å². The first-order valence-electron chi connectivity index (χ1n) is 8.23. The summed E-state index contributed by atoms with van der Waals surface area (Å²) < 4.78 is 15.2. The van der Waals surface area contributed by atoms with Crippen LogP contribution in [0.5, 0.6) is 0 Å². The lowest BCUT2D eigenvalue weighted by Crippen LogP contribution is -2.11. The van der Waals surface area contributed by atoms with Crippen molar-refractivity contribution in [3.05, 3.63) is 108 Å². The van der Waals surface area contributed by atoms with Crippen molar-refractivity contribution in [2.24, 2.45) is 0 Å². The number of hydrogen-bond donors (Lipinski definition) is 0. The highest BCUT2D eigenvalue weighted by molar-refractivity contribution is 6.07. The minimum absolute atomic E-state index is 0.183. The lowest BCUT2D eigenvalue weighted by atomic mass is 10.1. The Morgan fingerprint density at radius 3 is 2.08 bits per heavy atom. The molecule has 1 aromatic heterocycles. The van der Waals surface area contributed by atoms with Crippen molar-refractivity contribution < 1.29 is 9.18 Å². The van der Waals surface area contributed by atoms with E-state index in [4.69, 9.17) is 0 Å². The molecule has 0 saturated carbocycles. The van der Waals surface area contributed by atoms with E-state index in [2.05, 4.69) is 4.98 Å². The molecule has 0 aliphatic rings. The molecule has 0 unspecified atom stereocenters. The predicted molar refractivity (Wildman–Crippen MR) is 98.8 cm³/mol. The molecule has 0 bridgehead atoms. The Balaban J connectivity index is 1.91. The standard InChI is InChI=1S/C22H15FN2O/c23-18-11-13-19(14-12-18)25-20(16-7-3-1-4-8-16)15-24-22(25)21(26)17-9-5-2-6-10-17/h1-15H. The number of hydrogen-bond acceptors (Lipinski definition) is 2. The Kier molecular flexibility index (Phi) is 4.15. The van der Waals surface area contributed by atoms with Gasteiger partial charge in [0.25, 0.3) is 0 Å². The molecule has 0 amide bonds. The monoisotopic (exact) mass is 342 g/mol. The van der Waals surface area contributed by atoms with Crippen molar-refractivity contribution >= 4 is 5.78 Å². The summed E-state index contributed by atoms with van der Waals surface area (Å²) >= 11 is 0. The van der Waals surface area contributed by atoms with Gasteiger partial charge in [-0.15, -0.1) is 0 Å². The molecule has 0 aliphatic carbocycles. The number of nitrogens with zero attached hydrogens (tertiary/aromatic N) is 2. The second kappa shape index (κ2) is 6.76. The van der Waals surface area contributed by atoms with Gasteiger partial charge in [0.1, 0.15) is 5.82 Å². The average molecular weight is 342 g/mol. The molecule has 4 rings (SSSR count). The first kappa shape index (κ1) is 16.0. The summed E-state index contributed by atoms with van der Waals surface area (Å²) in [5, 5.41) is 0. The molecule has 4 aromatic rings. The first-order chi connectivity index (χ1) is 12.7. The van der Waals surface area contributed by atoms with Gasteiger partial charge in [0.2, 0.25) is 5.78 Å². The number of rotatable bonds is 4. The van der Waals surface area contributed by atoms with E-state index in [1.54, 1.807) is 35.0 Å². The highest BCUT2D eigenvalue weighted by Gasteiger charge is 2.20. The maximum atomic E-state index is 13.4. The molecule has 1 heterocycles. The fourth-order valence-electron chi connectivity index (χ4n) is 2.89. The Hall–Kier alpha value is -3.53. The summed E-state index contributed by atoms with van der Waals surface area (Å²) in [6, 6.07) is 24.7. The fourth-order valence-corrected chi connectivity index (χ4v) is 2.89. The zero-order valence-electron chi connectivity index (χ0n) is 13.8. The molecule has 26 heavy (non-hydrogen) atoms. The normalized spacial score (nSPS) is 10.7. The van der Waals surface area contributed by atoms with Gasteiger partial charge in [0.05, 0.1) is 11.9 Å². The van der Waals surface area contributed by atoms with Gasteiger partial charge in [-0.25, -0.2) is 9.37 Å². The fraction of sp³-hybridized carbons (Fsp3) is 0. The van der Waals surface area contributed by atoms with Crippen molar-refractivity contribution in [3.63, 3.8) is 0 Å². The summed E-state index contributed by atoms with van der Waals surface area (Å²) in [6.45, 7) is 0. The number of imidazole rings is 1. The number of halogens is 1. The van der Waals surface area contributed by atoms with Crippen LogP contribution in [0.15, 0.2) is 91.1 Å². The summed E-state index contributed by atoms with van der Waals surface area (Å²) in [5.74, 6) is -0.218. The Labute approximate surface area is 150 Å². The van der Waals surface area contributed by atoms with Crippen LogP contribution >= 0.6 is 0 Å². The van der Waals surface area contributed by atoms with Gasteiger partial charge in [0, 0.05) is 16.8 Å². The Morgan fingerprint density at radius 1 is 0.808 bits per heavy atom. The maximum absolute atomic E-state index is 13.4. The van der Waals surface area contributed by atoms with Crippen LogP contribution in [0.4, 0.5) is 4.39 Å². The second-order valence-electron chi connectivity index (χ2n) is 5.84. The second-order valence-corrected chi connectivity index (χ2v) is 5.84. The van der Waals surface area contributed by atoms with Gasteiger partial charge >= 0.3 is 0 Å². The molecule has 0 saturated heterocycles. The Bertz CT molecular complexity index is 1040. The van der Waals surface area contributed by atoms with E-state index < -0.39 is 0 Å². The maximum Gasteiger partial charge on any atom is 0.228 e. The van der Waals surface area contributed by atoms with Gasteiger partial charge in [-0.05, 0) is 24.3 Å². The van der Waals surface area contributed by atoms with Crippen molar-refractivity contribution in [1.29, 1.82) is 0 Å². The molecule has 0 fully saturated rings. The third kappa shape index (κ3) is 2.93. The molecule has 0 N–H and O–H groups in total. The molecule has 0 radical (unpaired) electrons. The third-order valence-electron chi connectivity index (χ3n) is 4.16. The molecule has 0 aliphatic heterocycles. The molecular weight excluding hydrogens is 327 g/mol. The quantitative estimate of drug-likeness (QED) is 0.494. The van der Waals surface area contributed by atoms with E-state index in [0.717, 1.165) is 11.3 Å². The van der Waals surface area contributed by atoms with Crippen LogP contribution in [0.3, 0.4) is 0 Å². The summed E-state index contributed by atoms with van der Waals surface area (Å²) in [6.07, 6.45) is 1.68. The van der Waals surface area contributed by atoms with E-state index in [1.165, 1.54) is 12.1 Å². The van der Waals surface area contributed by atoms with Crippen LogP contribution < -0.4 is 0 Å². The number of ketones is 1. The smallest absolute Gasteiger partial charge is 0.228 e. The minimum Gasteiger partial charge on any atom is -0.290 e. The summed E-state index contributed by atoms with van der Waals surface area (Å²) in [7, 11) is 0. The average Bonchev–Trinajstić information content (AvgIpc) is 3.14. The molecule has 4 heteroatoms. The molecule has 0 spiro atoms. The highest BCUT2D eigenvalue weighted by Crippen LogP contribution is 2.26. The van der Waals surface area contributed by atoms with Crippen LogP contribution in [0.25, 0.3) is 16.9 Å². The summed E-state index contributed by atoms with van der Waals surface area (Å²) in [4.78, 5) is 17.4. The third-order valence-corrected chi connectivity index (χ3v) is 4.16. The van der Waals surface area contributed by atoms with Crippen LogP contribution in [0.1, 0.15) is 16.2 Å². The highest BCUT2D eigenvalue weighted by atomic mass is 19.1. The zero-order valence-corrected chi connectivity index (χ0v) is 13.8. The molecule has 126 valence electrons. The largest absolute Gasteiger partial charge is 0.290 e. The van der Waals surface area contributed by atoms with Crippen molar-refractivity contribution in [2.45, 2.75) is 0 Å². The van der Waals surface area contributed by atoms with Crippen LogP contribution in [-0.4, -0.2) is 15.3 Å². The van der Waals surface area contributed by atoms with Crippen LogP contribution in [0, 0.1) is 5.82 Å². The Morgan fingerprint density at radius 2 is 1.42 bits per heavy atom. The summed E-state index contributed by atoms with van der Waals surface area (Å²) in [5.41, 5.74) is 2.94. The van der Waals surface area contributed by atoms with E-state index >= 15 is 0 Å². The lowest BCUT2D eigenvalue weighted by molar-refractivity contribution is 0.102. The topological polar surface area (TPSA) is 34.9 Å². The lowest BCUT2D eigenvalue weighted by Gasteiger charge is -2.12.